The smallest absolute Gasteiger partial charge is 0.410 e. The van der Waals surface area contributed by atoms with Crippen LogP contribution in [0, 0.1) is 5.92 Å². The van der Waals surface area contributed by atoms with E-state index in [0.717, 1.165) is 6.42 Å². The summed E-state index contributed by atoms with van der Waals surface area (Å²) in [6.07, 6.45) is 1.06. The Labute approximate surface area is 131 Å². The summed E-state index contributed by atoms with van der Waals surface area (Å²) in [5.74, 6) is -0.703. The van der Waals surface area contributed by atoms with E-state index in [0.29, 0.717) is 26.1 Å². The topological polar surface area (TPSA) is 87.7 Å². The van der Waals surface area contributed by atoms with Crippen LogP contribution in [-0.2, 0) is 14.3 Å². The number of carbonyl (C=O) groups excluding carboxylic acids is 3. The molecule has 0 saturated carbocycles. The first kappa shape index (κ1) is 18.3. The van der Waals surface area contributed by atoms with Gasteiger partial charge in [-0.1, -0.05) is 0 Å². The molecule has 1 atom stereocenters. The standard InChI is InChI=1S/C15H27N3O4/c1-5-16-12(19)9-17-13(20)11-7-6-8-18(10-11)14(21)22-15(2,3)4/h11H,5-10H2,1-4H3,(H,16,19)(H,17,20)/t11-/m1/s1. The maximum Gasteiger partial charge on any atom is 0.410 e. The number of hydrogen-bond acceptors (Lipinski definition) is 4. The molecular formula is C15H27N3O4. The van der Waals surface area contributed by atoms with Gasteiger partial charge in [0.2, 0.25) is 11.8 Å². The molecule has 0 aromatic heterocycles. The Morgan fingerprint density at radius 3 is 2.50 bits per heavy atom. The second kappa shape index (κ2) is 8.00. The van der Waals surface area contributed by atoms with Gasteiger partial charge in [0.05, 0.1) is 12.5 Å². The number of likely N-dealkylation sites (N-methyl/N-ethyl adjacent to an activating group) is 1. The van der Waals surface area contributed by atoms with Gasteiger partial charge in [-0.2, -0.15) is 0 Å². The van der Waals surface area contributed by atoms with E-state index in [1.165, 1.54) is 0 Å². The maximum absolute atomic E-state index is 12.1. The first-order chi connectivity index (χ1) is 10.2. The Morgan fingerprint density at radius 2 is 1.91 bits per heavy atom. The highest BCUT2D eigenvalue weighted by Crippen LogP contribution is 2.19. The average molecular weight is 313 g/mol. The number of carbonyl (C=O) groups is 3. The minimum atomic E-state index is -0.551. The number of hydrogen-bond donors (Lipinski definition) is 2. The molecule has 1 heterocycles. The van der Waals surface area contributed by atoms with Crippen LogP contribution in [0.4, 0.5) is 4.79 Å². The van der Waals surface area contributed by atoms with E-state index < -0.39 is 11.7 Å². The van der Waals surface area contributed by atoms with Crippen molar-refractivity contribution in [2.24, 2.45) is 5.92 Å². The third-order valence-electron chi connectivity index (χ3n) is 3.24. The molecule has 1 aliphatic rings. The fraction of sp³-hybridized carbons (Fsp3) is 0.800. The Balaban J connectivity index is 2.47. The van der Waals surface area contributed by atoms with Crippen molar-refractivity contribution in [3.63, 3.8) is 0 Å². The van der Waals surface area contributed by atoms with Crippen LogP contribution in [-0.4, -0.2) is 54.6 Å². The van der Waals surface area contributed by atoms with Crippen molar-refractivity contribution >= 4 is 17.9 Å². The molecule has 0 aliphatic carbocycles. The van der Waals surface area contributed by atoms with E-state index in [2.05, 4.69) is 10.6 Å². The molecule has 126 valence electrons. The summed E-state index contributed by atoms with van der Waals surface area (Å²) in [6, 6.07) is 0. The number of piperidine rings is 1. The fourth-order valence-electron chi connectivity index (χ4n) is 2.25. The first-order valence-corrected chi connectivity index (χ1v) is 7.75. The van der Waals surface area contributed by atoms with Gasteiger partial charge >= 0.3 is 6.09 Å². The van der Waals surface area contributed by atoms with E-state index >= 15 is 0 Å². The van der Waals surface area contributed by atoms with Crippen LogP contribution in [0.15, 0.2) is 0 Å². The highest BCUT2D eigenvalue weighted by atomic mass is 16.6. The zero-order valence-electron chi connectivity index (χ0n) is 13.9. The molecule has 3 amide bonds. The van der Waals surface area contributed by atoms with Gasteiger partial charge < -0.3 is 20.3 Å². The molecule has 1 fully saturated rings. The SMILES string of the molecule is CCNC(=O)CNC(=O)[C@@H]1CCCN(C(=O)OC(C)(C)C)C1. The van der Waals surface area contributed by atoms with Crippen LogP contribution in [0.3, 0.4) is 0 Å². The highest BCUT2D eigenvalue weighted by Gasteiger charge is 2.31. The summed E-state index contributed by atoms with van der Waals surface area (Å²) < 4.78 is 5.33. The van der Waals surface area contributed by atoms with Crippen LogP contribution in [0.2, 0.25) is 0 Å². The summed E-state index contributed by atoms with van der Waals surface area (Å²) in [5.41, 5.74) is -0.551. The number of ether oxygens (including phenoxy) is 1. The van der Waals surface area contributed by atoms with Gasteiger partial charge in [-0.3, -0.25) is 9.59 Å². The summed E-state index contributed by atoms with van der Waals surface area (Å²) in [7, 11) is 0. The van der Waals surface area contributed by atoms with Crippen LogP contribution in [0.5, 0.6) is 0 Å². The Hall–Kier alpha value is -1.79. The van der Waals surface area contributed by atoms with Crippen molar-refractivity contribution in [3.8, 4) is 0 Å². The largest absolute Gasteiger partial charge is 0.444 e. The van der Waals surface area contributed by atoms with E-state index in [1.54, 1.807) is 4.90 Å². The zero-order valence-corrected chi connectivity index (χ0v) is 13.9. The van der Waals surface area contributed by atoms with E-state index in [-0.39, 0.29) is 24.3 Å². The lowest BCUT2D eigenvalue weighted by Gasteiger charge is -2.33. The Bertz CT molecular complexity index is 418. The number of rotatable bonds is 4. The van der Waals surface area contributed by atoms with Crippen LogP contribution in [0.1, 0.15) is 40.5 Å². The van der Waals surface area contributed by atoms with Gasteiger partial charge in [-0.15, -0.1) is 0 Å². The first-order valence-electron chi connectivity index (χ1n) is 7.75. The Kier molecular flexibility index (Phi) is 6.64. The zero-order chi connectivity index (χ0) is 16.8. The molecule has 0 unspecified atom stereocenters. The minimum Gasteiger partial charge on any atom is -0.444 e. The lowest BCUT2D eigenvalue weighted by molar-refractivity contribution is -0.129. The van der Waals surface area contributed by atoms with Crippen molar-refractivity contribution in [1.29, 1.82) is 0 Å². The molecule has 0 spiro atoms. The molecule has 1 rings (SSSR count). The molecule has 1 aliphatic heterocycles. The van der Waals surface area contributed by atoms with Gasteiger partial charge in [0, 0.05) is 19.6 Å². The van der Waals surface area contributed by atoms with Gasteiger partial charge in [-0.05, 0) is 40.5 Å². The van der Waals surface area contributed by atoms with E-state index in [9.17, 15) is 14.4 Å². The van der Waals surface area contributed by atoms with Crippen molar-refractivity contribution in [2.45, 2.75) is 46.1 Å². The number of amides is 3. The molecule has 22 heavy (non-hydrogen) atoms. The van der Waals surface area contributed by atoms with Crippen LogP contribution in [0.25, 0.3) is 0 Å². The normalized spacial score (nSPS) is 18.5. The average Bonchev–Trinajstić information content (AvgIpc) is 2.43. The lowest BCUT2D eigenvalue weighted by Crippen LogP contribution is -2.48. The van der Waals surface area contributed by atoms with Gasteiger partial charge in [0.1, 0.15) is 5.60 Å². The second-order valence-corrected chi connectivity index (χ2v) is 6.44. The molecular weight excluding hydrogens is 286 g/mol. The van der Waals surface area contributed by atoms with E-state index in [1.807, 2.05) is 27.7 Å². The maximum atomic E-state index is 12.1. The predicted molar refractivity (Wildman–Crippen MR) is 82.2 cm³/mol. The lowest BCUT2D eigenvalue weighted by atomic mass is 9.97. The monoisotopic (exact) mass is 313 g/mol. The summed E-state index contributed by atoms with van der Waals surface area (Å²) in [4.78, 5) is 37.0. The third-order valence-corrected chi connectivity index (χ3v) is 3.24. The molecule has 7 heteroatoms. The van der Waals surface area contributed by atoms with Crippen LogP contribution < -0.4 is 10.6 Å². The second-order valence-electron chi connectivity index (χ2n) is 6.44. The Morgan fingerprint density at radius 1 is 1.23 bits per heavy atom. The van der Waals surface area contributed by atoms with Gasteiger partial charge in [-0.25, -0.2) is 4.79 Å². The molecule has 7 nitrogen and oxygen atoms in total. The van der Waals surface area contributed by atoms with Crippen LogP contribution >= 0.6 is 0 Å². The van der Waals surface area contributed by atoms with Crippen molar-refractivity contribution < 1.29 is 19.1 Å². The highest BCUT2D eigenvalue weighted by molar-refractivity contribution is 5.86. The third kappa shape index (κ3) is 6.32. The summed E-state index contributed by atoms with van der Waals surface area (Å²) in [5, 5.41) is 5.23. The number of likely N-dealkylation sites (tertiary alicyclic amines) is 1. The number of nitrogens with zero attached hydrogens (tertiary/aromatic N) is 1. The quantitative estimate of drug-likeness (QED) is 0.807. The molecule has 2 N–H and O–H groups in total. The van der Waals surface area contributed by atoms with Crippen molar-refractivity contribution in [1.82, 2.24) is 15.5 Å². The predicted octanol–water partition coefficient (Wildman–Crippen LogP) is 0.886. The molecule has 0 aromatic rings. The molecule has 0 radical (unpaired) electrons. The molecule has 0 aromatic carbocycles. The van der Waals surface area contributed by atoms with Gasteiger partial charge in [0.15, 0.2) is 0 Å². The summed E-state index contributed by atoms with van der Waals surface area (Å²) >= 11 is 0. The summed E-state index contributed by atoms with van der Waals surface area (Å²) in [6.45, 7) is 8.67. The van der Waals surface area contributed by atoms with E-state index in [4.69, 9.17) is 4.74 Å². The minimum absolute atomic E-state index is 0.0321. The van der Waals surface area contributed by atoms with Gasteiger partial charge in [0.25, 0.3) is 0 Å². The van der Waals surface area contributed by atoms with Crippen molar-refractivity contribution in [3.05, 3.63) is 0 Å². The number of nitrogens with one attached hydrogen (secondary N) is 2. The molecule has 1 saturated heterocycles. The fourth-order valence-corrected chi connectivity index (χ4v) is 2.25. The molecule has 0 bridgehead atoms. The van der Waals surface area contributed by atoms with Crippen molar-refractivity contribution in [2.75, 3.05) is 26.2 Å².